The molecule has 11 heteroatoms. The lowest BCUT2D eigenvalue weighted by Gasteiger charge is -2.25. The third-order valence-corrected chi connectivity index (χ3v) is 7.70. The summed E-state index contributed by atoms with van der Waals surface area (Å²) < 4.78 is 56.6. The van der Waals surface area contributed by atoms with Crippen LogP contribution in [0, 0.1) is 6.92 Å². The van der Waals surface area contributed by atoms with E-state index in [-0.39, 0.29) is 4.88 Å². The minimum Gasteiger partial charge on any atom is -0.294 e. The molecule has 0 saturated heterocycles. The summed E-state index contributed by atoms with van der Waals surface area (Å²) in [6.07, 6.45) is -2.96. The highest BCUT2D eigenvalue weighted by atomic mass is 35.5. The lowest BCUT2D eigenvalue weighted by Crippen LogP contribution is -2.41. The molecule has 0 unspecified atom stereocenters. The van der Waals surface area contributed by atoms with Gasteiger partial charge in [0.2, 0.25) is 0 Å². The molecule has 3 rings (SSSR count). The smallest absolute Gasteiger partial charge is 0.294 e. The Morgan fingerprint density at radius 1 is 1.21 bits per heavy atom. The van der Waals surface area contributed by atoms with Crippen LogP contribution >= 0.6 is 34.5 Å². The maximum absolute atomic E-state index is 13.7. The molecule has 0 spiro atoms. The molecule has 0 aliphatic rings. The van der Waals surface area contributed by atoms with Crippen molar-refractivity contribution in [3.63, 3.8) is 0 Å². The van der Waals surface area contributed by atoms with E-state index in [1.807, 2.05) is 0 Å². The highest BCUT2D eigenvalue weighted by Gasteiger charge is 2.45. The number of alkyl halides is 3. The van der Waals surface area contributed by atoms with Gasteiger partial charge in [0.25, 0.3) is 0 Å². The first kappa shape index (κ1) is 22.6. The summed E-state index contributed by atoms with van der Waals surface area (Å²) in [5, 5.41) is 0.768. The molecule has 3 aromatic rings. The van der Waals surface area contributed by atoms with Crippen LogP contribution in [0.3, 0.4) is 0 Å². The zero-order valence-corrected chi connectivity index (χ0v) is 19.0. The minimum atomic E-state index is -4.61. The van der Waals surface area contributed by atoms with Gasteiger partial charge in [0.05, 0.1) is 36.3 Å². The van der Waals surface area contributed by atoms with Crippen molar-refractivity contribution < 1.29 is 17.4 Å². The second-order valence-electron chi connectivity index (χ2n) is 7.43. The normalized spacial score (nSPS) is 15.1. The number of fused-ring (bicyclic) bond motifs is 1. The van der Waals surface area contributed by atoms with E-state index in [9.17, 15) is 17.4 Å². The van der Waals surface area contributed by atoms with E-state index in [0.29, 0.717) is 32.0 Å². The average molecular weight is 484 g/mol. The Labute approximate surface area is 182 Å². The number of thiazole rings is 1. The molecule has 1 N–H and O–H groups in total. The summed E-state index contributed by atoms with van der Waals surface area (Å²) in [7, 11) is -1.89. The van der Waals surface area contributed by atoms with Crippen molar-refractivity contribution in [2.24, 2.45) is 0 Å². The van der Waals surface area contributed by atoms with Crippen LogP contribution < -0.4 is 4.72 Å². The van der Waals surface area contributed by atoms with Gasteiger partial charge in [0.1, 0.15) is 0 Å². The van der Waals surface area contributed by atoms with Crippen molar-refractivity contribution in [3.8, 4) is 11.3 Å². The molecule has 4 nitrogen and oxygen atoms in total. The number of halogens is 5. The van der Waals surface area contributed by atoms with E-state index in [4.69, 9.17) is 23.2 Å². The van der Waals surface area contributed by atoms with Crippen molar-refractivity contribution in [2.75, 3.05) is 0 Å². The molecule has 2 heterocycles. The average Bonchev–Trinajstić information content (AvgIpc) is 3.13. The zero-order valence-electron chi connectivity index (χ0n) is 15.9. The van der Waals surface area contributed by atoms with Crippen LogP contribution in [-0.4, -0.2) is 24.5 Å². The van der Waals surface area contributed by atoms with Gasteiger partial charge in [-0.1, -0.05) is 40.6 Å². The summed E-state index contributed by atoms with van der Waals surface area (Å²) in [5.74, 6) is 0. The molecule has 0 saturated carbocycles. The fourth-order valence-electron chi connectivity index (χ4n) is 2.58. The zero-order chi connectivity index (χ0) is 21.7. The third-order valence-electron chi connectivity index (χ3n) is 4.18. The first-order valence-electron chi connectivity index (χ1n) is 8.47. The van der Waals surface area contributed by atoms with Crippen LogP contribution in [0.4, 0.5) is 13.2 Å². The van der Waals surface area contributed by atoms with Crippen LogP contribution in [0.1, 0.15) is 37.4 Å². The van der Waals surface area contributed by atoms with E-state index >= 15 is 0 Å². The van der Waals surface area contributed by atoms with Gasteiger partial charge in [-0.3, -0.25) is 4.40 Å². The standard InChI is InChI=1S/C18H18Cl2F3N3OS2/c1-9-14(15(18(21,22)23)25-29(27)17(2,3)4)28-16-24-13(8-26(9)16)10-5-6-11(19)12(20)7-10/h5-8,15,25H,1-4H3/t15-,29-/m0/s1. The lowest BCUT2D eigenvalue weighted by atomic mass is 10.2. The molecule has 2 aromatic heterocycles. The molecular formula is C18H18Cl2F3N3OS2. The second-order valence-corrected chi connectivity index (χ2v) is 11.3. The molecular weight excluding hydrogens is 466 g/mol. The predicted molar refractivity (Wildman–Crippen MR) is 113 cm³/mol. The Morgan fingerprint density at radius 2 is 1.86 bits per heavy atom. The number of benzene rings is 1. The van der Waals surface area contributed by atoms with E-state index in [1.54, 1.807) is 56.5 Å². The van der Waals surface area contributed by atoms with E-state index < -0.39 is 28.0 Å². The van der Waals surface area contributed by atoms with Gasteiger partial charge in [-0.2, -0.15) is 13.2 Å². The summed E-state index contributed by atoms with van der Waals surface area (Å²) in [6, 6.07) is 2.97. The van der Waals surface area contributed by atoms with E-state index in [2.05, 4.69) is 9.71 Å². The summed E-state index contributed by atoms with van der Waals surface area (Å²) in [6.45, 7) is 6.42. The van der Waals surface area contributed by atoms with Crippen molar-refractivity contribution in [1.29, 1.82) is 0 Å². The molecule has 1 aromatic carbocycles. The Kier molecular flexibility index (Phi) is 6.10. The van der Waals surface area contributed by atoms with Crippen LogP contribution in [0.15, 0.2) is 24.4 Å². The highest BCUT2D eigenvalue weighted by molar-refractivity contribution is 7.84. The molecule has 2 atom stereocenters. The first-order chi connectivity index (χ1) is 13.3. The van der Waals surface area contributed by atoms with Gasteiger partial charge >= 0.3 is 6.18 Å². The maximum atomic E-state index is 13.7. The Bertz CT molecular complexity index is 1090. The van der Waals surface area contributed by atoms with Crippen LogP contribution in [0.25, 0.3) is 16.2 Å². The fraction of sp³-hybridized carbons (Fsp3) is 0.389. The number of hydrogen-bond acceptors (Lipinski definition) is 3. The monoisotopic (exact) mass is 483 g/mol. The predicted octanol–water partition coefficient (Wildman–Crippen LogP) is 6.33. The number of imidazole rings is 1. The maximum Gasteiger partial charge on any atom is 0.409 e. The summed E-state index contributed by atoms with van der Waals surface area (Å²) in [4.78, 5) is 4.86. The van der Waals surface area contributed by atoms with Gasteiger partial charge in [-0.25, -0.2) is 13.9 Å². The second kappa shape index (κ2) is 7.85. The van der Waals surface area contributed by atoms with Gasteiger partial charge in [-0.05, 0) is 39.8 Å². The Hall–Kier alpha value is -1.13. The molecule has 0 radical (unpaired) electrons. The molecule has 29 heavy (non-hydrogen) atoms. The summed E-state index contributed by atoms with van der Waals surface area (Å²) >= 11 is 12.9. The van der Waals surface area contributed by atoms with Crippen molar-refractivity contribution in [3.05, 3.63) is 45.0 Å². The van der Waals surface area contributed by atoms with E-state index in [1.165, 1.54) is 0 Å². The first-order valence-corrected chi connectivity index (χ1v) is 11.2. The molecule has 0 aliphatic carbocycles. The molecule has 0 fully saturated rings. The Morgan fingerprint density at radius 3 is 2.38 bits per heavy atom. The number of nitrogens with one attached hydrogen (secondary N) is 1. The van der Waals surface area contributed by atoms with Crippen LogP contribution in [0.5, 0.6) is 0 Å². The quantitative estimate of drug-likeness (QED) is 0.470. The van der Waals surface area contributed by atoms with Crippen molar-refractivity contribution in [2.45, 2.75) is 44.7 Å². The SMILES string of the molecule is Cc1c([C@H](N[S@@](=O)C(C)(C)C)C(F)(F)F)sc2nc(-c3ccc(Cl)c(Cl)c3)cn12. The number of nitrogens with zero attached hydrogens (tertiary/aromatic N) is 2. The Balaban J connectivity index is 2.03. The number of rotatable bonds is 4. The number of aromatic nitrogens is 2. The molecule has 0 amide bonds. The van der Waals surface area contributed by atoms with Gasteiger partial charge in [-0.15, -0.1) is 0 Å². The van der Waals surface area contributed by atoms with Gasteiger partial charge < -0.3 is 0 Å². The largest absolute Gasteiger partial charge is 0.409 e. The van der Waals surface area contributed by atoms with Crippen molar-refractivity contribution >= 4 is 50.5 Å². The third kappa shape index (κ3) is 4.64. The van der Waals surface area contributed by atoms with Gasteiger partial charge in [0, 0.05) is 17.5 Å². The van der Waals surface area contributed by atoms with Crippen LogP contribution in [-0.2, 0) is 11.0 Å². The van der Waals surface area contributed by atoms with Gasteiger partial charge in [0.15, 0.2) is 11.0 Å². The minimum absolute atomic E-state index is 0.0262. The van der Waals surface area contributed by atoms with Crippen molar-refractivity contribution in [1.82, 2.24) is 14.1 Å². The van der Waals surface area contributed by atoms with Crippen LogP contribution in [0.2, 0.25) is 10.0 Å². The number of hydrogen-bond donors (Lipinski definition) is 1. The molecule has 0 bridgehead atoms. The van der Waals surface area contributed by atoms with E-state index in [0.717, 1.165) is 11.3 Å². The molecule has 0 aliphatic heterocycles. The topological polar surface area (TPSA) is 46.4 Å². The highest BCUT2D eigenvalue weighted by Crippen LogP contribution is 2.40. The lowest BCUT2D eigenvalue weighted by molar-refractivity contribution is -0.152. The molecule has 158 valence electrons. The fourth-order valence-corrected chi connectivity index (χ4v) is 4.96. The number of aryl methyl sites for hydroxylation is 1. The summed E-state index contributed by atoms with van der Waals surface area (Å²) in [5.41, 5.74) is 1.65.